The van der Waals surface area contributed by atoms with Crippen LogP contribution in [0.25, 0.3) is 0 Å². The molecular weight excluding hydrogens is 668 g/mol. The van der Waals surface area contributed by atoms with E-state index < -0.39 is 29.5 Å². The van der Waals surface area contributed by atoms with Gasteiger partial charge in [-0.1, -0.05) is 6.07 Å². The van der Waals surface area contributed by atoms with Gasteiger partial charge in [-0.05, 0) is 80.0 Å². The summed E-state index contributed by atoms with van der Waals surface area (Å²) >= 11 is 0. The van der Waals surface area contributed by atoms with Crippen molar-refractivity contribution in [2.75, 3.05) is 68.9 Å². The average Bonchev–Trinajstić information content (AvgIpc) is 3.63. The molecule has 1 fully saturated rings. The molecular formula is C37H47F2N3O9. The Morgan fingerprint density at radius 2 is 1.37 bits per heavy atom. The number of nitrogens with zero attached hydrogens (tertiary/aromatic N) is 3. The third-order valence-corrected chi connectivity index (χ3v) is 8.83. The zero-order valence-electron chi connectivity index (χ0n) is 30.0. The van der Waals surface area contributed by atoms with E-state index in [2.05, 4.69) is 4.98 Å². The molecule has 0 spiro atoms. The number of hydrogen-bond donors (Lipinski definition) is 0. The molecule has 278 valence electrons. The second kappa shape index (κ2) is 18.3. The number of alkyl halides is 2. The summed E-state index contributed by atoms with van der Waals surface area (Å²) in [5.74, 6) is -3.62. The van der Waals surface area contributed by atoms with Crippen LogP contribution in [0.2, 0.25) is 0 Å². The molecule has 2 amide bonds. The molecule has 0 N–H and O–H groups in total. The number of likely N-dealkylation sites (tertiary alicyclic amines) is 1. The Kier molecular flexibility index (Phi) is 13.9. The monoisotopic (exact) mass is 715 g/mol. The van der Waals surface area contributed by atoms with Gasteiger partial charge >= 0.3 is 12.0 Å². The zero-order chi connectivity index (χ0) is 37.0. The van der Waals surface area contributed by atoms with Crippen LogP contribution < -0.4 is 28.4 Å². The van der Waals surface area contributed by atoms with Crippen LogP contribution in [-0.2, 0) is 28.3 Å². The van der Waals surface area contributed by atoms with Gasteiger partial charge in [0.15, 0.2) is 23.0 Å². The molecule has 3 aromatic rings. The van der Waals surface area contributed by atoms with Crippen LogP contribution in [0, 0.1) is 0 Å². The van der Waals surface area contributed by atoms with Crippen molar-refractivity contribution in [3.8, 4) is 34.5 Å². The standard InChI is InChI=1S/C37H47F2N3O9/c1-45-29-19-26(20-30(46-2)33(29)49-5)13-9-17-41(16-8-12-25-11-7-15-40-23-25)36(44)51-24-28-14-10-18-42(28)35(43)37(38,39)27-21-31(47-3)34(50-6)32(22-27)48-4/h7,11,15,19-23,28H,8-10,12-14,16-18,24H2,1-6H3. The van der Waals surface area contributed by atoms with E-state index in [0.29, 0.717) is 68.9 Å². The predicted molar refractivity (Wildman–Crippen MR) is 185 cm³/mol. The number of aryl methyl sites for hydroxylation is 2. The highest BCUT2D eigenvalue weighted by Gasteiger charge is 2.48. The maximum atomic E-state index is 15.8. The lowest BCUT2D eigenvalue weighted by Crippen LogP contribution is -2.47. The Morgan fingerprint density at radius 3 is 1.88 bits per heavy atom. The fraction of sp³-hybridized carbons (Fsp3) is 0.486. The van der Waals surface area contributed by atoms with Crippen LogP contribution in [0.1, 0.15) is 42.4 Å². The number of halogens is 2. The molecule has 0 aliphatic carbocycles. The second-order valence-electron chi connectivity index (χ2n) is 11.9. The van der Waals surface area contributed by atoms with Crippen LogP contribution in [0.15, 0.2) is 48.8 Å². The first-order chi connectivity index (χ1) is 24.6. The molecule has 4 rings (SSSR count). The number of carbonyl (C=O) groups excluding carboxylic acids is 2. The van der Waals surface area contributed by atoms with E-state index in [1.165, 1.54) is 28.4 Å². The van der Waals surface area contributed by atoms with E-state index >= 15 is 8.78 Å². The van der Waals surface area contributed by atoms with Crippen LogP contribution in [0.3, 0.4) is 0 Å². The summed E-state index contributed by atoms with van der Waals surface area (Å²) in [4.78, 5) is 33.7. The molecule has 1 aromatic heterocycles. The van der Waals surface area contributed by atoms with Gasteiger partial charge in [0, 0.05) is 37.6 Å². The molecule has 1 aliphatic heterocycles. The summed E-state index contributed by atoms with van der Waals surface area (Å²) in [6.45, 7) is 0.650. The number of benzene rings is 2. The third kappa shape index (κ3) is 9.41. The van der Waals surface area contributed by atoms with Crippen molar-refractivity contribution >= 4 is 12.0 Å². The summed E-state index contributed by atoms with van der Waals surface area (Å²) < 4.78 is 69.3. The number of pyridine rings is 1. The van der Waals surface area contributed by atoms with Crippen molar-refractivity contribution in [2.45, 2.75) is 50.5 Å². The smallest absolute Gasteiger partial charge is 0.409 e. The fourth-order valence-corrected chi connectivity index (χ4v) is 6.17. The molecule has 2 heterocycles. The first kappa shape index (κ1) is 38.8. The molecule has 1 unspecified atom stereocenters. The molecule has 14 heteroatoms. The van der Waals surface area contributed by atoms with Gasteiger partial charge in [-0.15, -0.1) is 0 Å². The van der Waals surface area contributed by atoms with Crippen molar-refractivity contribution in [3.05, 3.63) is 65.5 Å². The molecule has 12 nitrogen and oxygen atoms in total. The summed E-state index contributed by atoms with van der Waals surface area (Å²) in [6, 6.07) is 8.97. The van der Waals surface area contributed by atoms with E-state index in [9.17, 15) is 9.59 Å². The normalized spacial score (nSPS) is 14.1. The largest absolute Gasteiger partial charge is 0.493 e. The summed E-state index contributed by atoms with van der Waals surface area (Å²) in [5, 5.41) is 0. The van der Waals surface area contributed by atoms with Crippen LogP contribution >= 0.6 is 0 Å². The Morgan fingerprint density at radius 1 is 0.824 bits per heavy atom. The lowest BCUT2D eigenvalue weighted by Gasteiger charge is -2.30. The van der Waals surface area contributed by atoms with Crippen LogP contribution in [-0.4, -0.2) is 102 Å². The average molecular weight is 716 g/mol. The molecule has 1 saturated heterocycles. The van der Waals surface area contributed by atoms with E-state index in [1.54, 1.807) is 31.5 Å². The first-order valence-corrected chi connectivity index (χ1v) is 16.7. The van der Waals surface area contributed by atoms with Gasteiger partial charge in [0.1, 0.15) is 6.61 Å². The van der Waals surface area contributed by atoms with Crippen molar-refractivity contribution in [1.29, 1.82) is 0 Å². The molecule has 0 bridgehead atoms. The van der Waals surface area contributed by atoms with Crippen molar-refractivity contribution in [2.24, 2.45) is 0 Å². The van der Waals surface area contributed by atoms with Crippen LogP contribution in [0.5, 0.6) is 34.5 Å². The Bertz CT molecular complexity index is 1560. The maximum Gasteiger partial charge on any atom is 0.409 e. The van der Waals surface area contributed by atoms with Gasteiger partial charge in [-0.25, -0.2) is 4.79 Å². The number of hydrogen-bond acceptors (Lipinski definition) is 10. The minimum atomic E-state index is -3.91. The molecule has 0 radical (unpaired) electrons. The first-order valence-electron chi connectivity index (χ1n) is 16.7. The van der Waals surface area contributed by atoms with Gasteiger partial charge in [-0.2, -0.15) is 8.78 Å². The Labute approximate surface area is 297 Å². The number of rotatable bonds is 18. The molecule has 2 aromatic carbocycles. The summed E-state index contributed by atoms with van der Waals surface area (Å²) in [5.41, 5.74) is 1.37. The van der Waals surface area contributed by atoms with E-state index in [4.69, 9.17) is 33.2 Å². The topological polar surface area (TPSA) is 118 Å². The fourth-order valence-electron chi connectivity index (χ4n) is 6.17. The van der Waals surface area contributed by atoms with Gasteiger partial charge in [-0.3, -0.25) is 9.78 Å². The predicted octanol–water partition coefficient (Wildman–Crippen LogP) is 5.92. The number of amides is 2. The highest BCUT2D eigenvalue weighted by Crippen LogP contribution is 2.44. The van der Waals surface area contributed by atoms with Gasteiger partial charge in [0.25, 0.3) is 5.91 Å². The Hall–Kier alpha value is -5.01. The lowest BCUT2D eigenvalue weighted by molar-refractivity contribution is -0.160. The second-order valence-corrected chi connectivity index (χ2v) is 11.9. The van der Waals surface area contributed by atoms with Gasteiger partial charge in [0.2, 0.25) is 11.5 Å². The highest BCUT2D eigenvalue weighted by atomic mass is 19.3. The number of methoxy groups -OCH3 is 6. The summed E-state index contributed by atoms with van der Waals surface area (Å²) in [6.07, 6.45) is 6.35. The van der Waals surface area contributed by atoms with Crippen LogP contribution in [0.4, 0.5) is 13.6 Å². The summed E-state index contributed by atoms with van der Waals surface area (Å²) in [7, 11) is 8.61. The molecule has 1 atom stereocenters. The highest BCUT2D eigenvalue weighted by molar-refractivity contribution is 5.86. The Balaban J connectivity index is 1.44. The zero-order valence-corrected chi connectivity index (χ0v) is 30.0. The molecule has 1 aliphatic rings. The van der Waals surface area contributed by atoms with Crippen molar-refractivity contribution in [3.63, 3.8) is 0 Å². The molecule has 0 saturated carbocycles. The van der Waals surface area contributed by atoms with Gasteiger partial charge in [0.05, 0.1) is 48.7 Å². The van der Waals surface area contributed by atoms with Gasteiger partial charge < -0.3 is 43.0 Å². The lowest BCUT2D eigenvalue weighted by atomic mass is 10.0. The number of carbonyl (C=O) groups is 2. The molecule has 51 heavy (non-hydrogen) atoms. The quantitative estimate of drug-likeness (QED) is 0.157. The van der Waals surface area contributed by atoms with E-state index in [0.717, 1.165) is 28.2 Å². The maximum absolute atomic E-state index is 15.8. The number of ether oxygens (including phenoxy) is 7. The SMILES string of the molecule is COc1cc(CCCN(CCCc2cccnc2)C(=O)OCC2CCCN2C(=O)C(F)(F)c2cc(OC)c(OC)c(OC)c2)cc(OC)c1OC. The van der Waals surface area contributed by atoms with E-state index in [-0.39, 0.29) is 30.4 Å². The van der Waals surface area contributed by atoms with Crippen molar-refractivity contribution < 1.29 is 51.5 Å². The van der Waals surface area contributed by atoms with Crippen molar-refractivity contribution in [1.82, 2.24) is 14.8 Å². The third-order valence-electron chi connectivity index (χ3n) is 8.83. The minimum absolute atomic E-state index is 0.000103. The van der Waals surface area contributed by atoms with E-state index in [1.807, 2.05) is 24.3 Å². The number of aromatic nitrogens is 1. The minimum Gasteiger partial charge on any atom is -0.493 e.